The number of rotatable bonds is 3. The second-order valence-electron chi connectivity index (χ2n) is 3.72. The lowest BCUT2D eigenvalue weighted by atomic mass is 10.1. The first-order valence-electron chi connectivity index (χ1n) is 5.10. The Hall–Kier alpha value is -1.61. The standard InChI is InChI=1S/C13H10ClFO2/c1-8-5-6-12(17-8)11(16)7-9-3-2-4-10(15)13(9)14/h2-6H,7H2,1H3. The molecule has 0 saturated carbocycles. The molecule has 0 bridgehead atoms. The maximum atomic E-state index is 13.2. The van der Waals surface area contributed by atoms with Crippen molar-refractivity contribution in [3.05, 3.63) is 58.3 Å². The first-order valence-corrected chi connectivity index (χ1v) is 5.48. The lowest BCUT2D eigenvalue weighted by molar-refractivity contribution is 0.0965. The molecule has 4 heteroatoms. The predicted octanol–water partition coefficient (Wildman–Crippen LogP) is 3.81. The normalized spacial score (nSPS) is 10.5. The summed E-state index contributed by atoms with van der Waals surface area (Å²) in [6, 6.07) is 7.72. The second-order valence-corrected chi connectivity index (χ2v) is 4.10. The third-order valence-electron chi connectivity index (χ3n) is 2.40. The molecule has 0 aliphatic heterocycles. The van der Waals surface area contributed by atoms with Gasteiger partial charge in [0, 0.05) is 6.42 Å². The first kappa shape index (κ1) is 11.9. The number of benzene rings is 1. The topological polar surface area (TPSA) is 30.2 Å². The molecule has 0 N–H and O–H groups in total. The monoisotopic (exact) mass is 252 g/mol. The van der Waals surface area contributed by atoms with Gasteiger partial charge >= 0.3 is 0 Å². The first-order chi connectivity index (χ1) is 8.08. The molecule has 0 fully saturated rings. The predicted molar refractivity (Wildman–Crippen MR) is 62.9 cm³/mol. The number of aryl methyl sites for hydroxylation is 1. The van der Waals surface area contributed by atoms with E-state index < -0.39 is 5.82 Å². The van der Waals surface area contributed by atoms with Crippen LogP contribution in [-0.2, 0) is 6.42 Å². The van der Waals surface area contributed by atoms with Gasteiger partial charge in [0.05, 0.1) is 5.02 Å². The molecule has 0 aliphatic rings. The highest BCUT2D eigenvalue weighted by molar-refractivity contribution is 6.31. The van der Waals surface area contributed by atoms with E-state index in [0.29, 0.717) is 11.3 Å². The zero-order valence-corrected chi connectivity index (χ0v) is 9.92. The molecule has 0 unspecified atom stereocenters. The van der Waals surface area contributed by atoms with Crippen LogP contribution in [0.4, 0.5) is 4.39 Å². The molecule has 17 heavy (non-hydrogen) atoms. The van der Waals surface area contributed by atoms with Crippen molar-refractivity contribution in [1.82, 2.24) is 0 Å². The molecule has 0 amide bonds. The van der Waals surface area contributed by atoms with E-state index in [1.807, 2.05) is 0 Å². The van der Waals surface area contributed by atoms with Crippen LogP contribution in [0.3, 0.4) is 0 Å². The molecule has 0 radical (unpaired) electrons. The molecule has 1 aromatic carbocycles. The van der Waals surface area contributed by atoms with Gasteiger partial charge in [0.15, 0.2) is 5.76 Å². The van der Waals surface area contributed by atoms with Crippen LogP contribution in [0, 0.1) is 12.7 Å². The summed E-state index contributed by atoms with van der Waals surface area (Å²) in [6.45, 7) is 1.76. The lowest BCUT2D eigenvalue weighted by Gasteiger charge is -2.02. The minimum absolute atomic E-state index is 0.0101. The van der Waals surface area contributed by atoms with Crippen molar-refractivity contribution in [2.45, 2.75) is 13.3 Å². The summed E-state index contributed by atoms with van der Waals surface area (Å²) in [5.41, 5.74) is 0.464. The molecule has 1 aromatic heterocycles. The van der Waals surface area contributed by atoms with E-state index in [0.717, 1.165) is 0 Å². The van der Waals surface area contributed by atoms with E-state index in [9.17, 15) is 9.18 Å². The SMILES string of the molecule is Cc1ccc(C(=O)Cc2cccc(F)c2Cl)o1. The third-order valence-corrected chi connectivity index (χ3v) is 2.82. The molecule has 2 nitrogen and oxygen atoms in total. The average Bonchev–Trinajstić information content (AvgIpc) is 2.72. The van der Waals surface area contributed by atoms with Crippen molar-refractivity contribution in [2.75, 3.05) is 0 Å². The van der Waals surface area contributed by atoms with Gasteiger partial charge in [-0.2, -0.15) is 0 Å². The zero-order valence-electron chi connectivity index (χ0n) is 9.17. The quantitative estimate of drug-likeness (QED) is 0.778. The molecule has 2 rings (SSSR count). The fourth-order valence-corrected chi connectivity index (χ4v) is 1.72. The zero-order chi connectivity index (χ0) is 12.4. The maximum absolute atomic E-state index is 13.2. The van der Waals surface area contributed by atoms with Crippen molar-refractivity contribution in [1.29, 1.82) is 0 Å². The van der Waals surface area contributed by atoms with Gasteiger partial charge in [0.25, 0.3) is 0 Å². The van der Waals surface area contributed by atoms with Gasteiger partial charge in [-0.1, -0.05) is 23.7 Å². The molecule has 0 aliphatic carbocycles. The molecule has 1 heterocycles. The lowest BCUT2D eigenvalue weighted by Crippen LogP contribution is -2.03. The van der Waals surface area contributed by atoms with Crippen LogP contribution in [-0.4, -0.2) is 5.78 Å². The smallest absolute Gasteiger partial charge is 0.202 e. The molecular formula is C13H10ClFO2. The van der Waals surface area contributed by atoms with Crippen LogP contribution in [0.1, 0.15) is 21.9 Å². The largest absolute Gasteiger partial charge is 0.458 e. The summed E-state index contributed by atoms with van der Waals surface area (Å²) in [5, 5.41) is -0.0101. The molecule has 0 spiro atoms. The summed E-state index contributed by atoms with van der Waals surface area (Å²) in [6.07, 6.45) is 0.0313. The number of halogens is 2. The number of furan rings is 1. The minimum Gasteiger partial charge on any atom is -0.458 e. The van der Waals surface area contributed by atoms with Crippen molar-refractivity contribution in [3.8, 4) is 0 Å². The Morgan fingerprint density at radius 3 is 2.76 bits per heavy atom. The highest BCUT2D eigenvalue weighted by Crippen LogP contribution is 2.21. The molecule has 88 valence electrons. The Labute approximate surface area is 103 Å². The van der Waals surface area contributed by atoms with Gasteiger partial charge in [0.2, 0.25) is 5.78 Å². The molecule has 0 saturated heterocycles. The second kappa shape index (κ2) is 4.72. The number of hydrogen-bond donors (Lipinski definition) is 0. The van der Waals surface area contributed by atoms with Gasteiger partial charge in [0.1, 0.15) is 11.6 Å². The van der Waals surface area contributed by atoms with E-state index in [-0.39, 0.29) is 23.0 Å². The summed E-state index contributed by atoms with van der Waals surface area (Å²) in [7, 11) is 0. The van der Waals surface area contributed by atoms with Crippen molar-refractivity contribution in [2.24, 2.45) is 0 Å². The number of carbonyl (C=O) groups excluding carboxylic acids is 1. The molecule has 2 aromatic rings. The number of carbonyl (C=O) groups is 1. The van der Waals surface area contributed by atoms with Crippen LogP contribution in [0.25, 0.3) is 0 Å². The Bertz CT molecular complexity index is 560. The average molecular weight is 253 g/mol. The Balaban J connectivity index is 2.21. The maximum Gasteiger partial charge on any atom is 0.202 e. The van der Waals surface area contributed by atoms with Crippen LogP contribution in [0.5, 0.6) is 0 Å². The van der Waals surface area contributed by atoms with Crippen LogP contribution >= 0.6 is 11.6 Å². The number of Topliss-reactive ketones (excluding diaryl/α,β-unsaturated/α-hetero) is 1. The van der Waals surface area contributed by atoms with E-state index >= 15 is 0 Å². The Kier molecular flexibility index (Phi) is 3.29. The Morgan fingerprint density at radius 1 is 1.35 bits per heavy atom. The highest BCUT2D eigenvalue weighted by atomic mass is 35.5. The highest BCUT2D eigenvalue weighted by Gasteiger charge is 2.14. The fraction of sp³-hybridized carbons (Fsp3) is 0.154. The van der Waals surface area contributed by atoms with Crippen molar-refractivity contribution >= 4 is 17.4 Å². The van der Waals surface area contributed by atoms with E-state index in [2.05, 4.69) is 0 Å². The van der Waals surface area contributed by atoms with Gasteiger partial charge in [-0.25, -0.2) is 4.39 Å². The van der Waals surface area contributed by atoms with Gasteiger partial charge in [-0.05, 0) is 30.7 Å². The minimum atomic E-state index is -0.521. The summed E-state index contributed by atoms with van der Waals surface area (Å²) < 4.78 is 18.4. The van der Waals surface area contributed by atoms with Crippen LogP contribution < -0.4 is 0 Å². The fourth-order valence-electron chi connectivity index (χ4n) is 1.53. The third kappa shape index (κ3) is 2.56. The van der Waals surface area contributed by atoms with Crippen molar-refractivity contribution < 1.29 is 13.6 Å². The van der Waals surface area contributed by atoms with Crippen molar-refractivity contribution in [3.63, 3.8) is 0 Å². The summed E-state index contributed by atoms with van der Waals surface area (Å²) >= 11 is 5.77. The van der Waals surface area contributed by atoms with Gasteiger partial charge in [-0.3, -0.25) is 4.79 Å². The van der Waals surface area contributed by atoms with E-state index in [1.165, 1.54) is 12.1 Å². The van der Waals surface area contributed by atoms with Crippen LogP contribution in [0.15, 0.2) is 34.7 Å². The van der Waals surface area contributed by atoms with Gasteiger partial charge in [-0.15, -0.1) is 0 Å². The van der Waals surface area contributed by atoms with Crippen LogP contribution in [0.2, 0.25) is 5.02 Å². The molecule has 0 atom stereocenters. The Morgan fingerprint density at radius 2 is 2.12 bits per heavy atom. The van der Waals surface area contributed by atoms with E-state index in [4.69, 9.17) is 16.0 Å². The summed E-state index contributed by atoms with van der Waals surface area (Å²) in [5.74, 6) is 0.194. The molecular weight excluding hydrogens is 243 g/mol. The van der Waals surface area contributed by atoms with E-state index in [1.54, 1.807) is 25.1 Å². The summed E-state index contributed by atoms with van der Waals surface area (Å²) in [4.78, 5) is 11.8. The van der Waals surface area contributed by atoms with Gasteiger partial charge < -0.3 is 4.42 Å². The number of ketones is 1. The number of hydrogen-bond acceptors (Lipinski definition) is 2.